The Morgan fingerprint density at radius 1 is 1.25 bits per heavy atom. The summed E-state index contributed by atoms with van der Waals surface area (Å²) in [7, 11) is -3.64. The molecule has 8 nitrogen and oxygen atoms in total. The Balaban J connectivity index is 1.75. The van der Waals surface area contributed by atoms with E-state index in [-0.39, 0.29) is 18.8 Å². The highest BCUT2D eigenvalue weighted by molar-refractivity contribution is 7.89. The van der Waals surface area contributed by atoms with Gasteiger partial charge in [0, 0.05) is 0 Å². The van der Waals surface area contributed by atoms with Gasteiger partial charge in [0.25, 0.3) is 0 Å². The van der Waals surface area contributed by atoms with Crippen molar-refractivity contribution in [3.63, 3.8) is 0 Å². The number of fused-ring (bicyclic) bond motifs is 1. The van der Waals surface area contributed by atoms with Crippen LogP contribution in [0.15, 0.2) is 0 Å². The number of carboxylic acids is 1. The van der Waals surface area contributed by atoms with Crippen LogP contribution in [0.4, 0.5) is 0 Å². The Morgan fingerprint density at radius 2 is 1.96 bits per heavy atom. The van der Waals surface area contributed by atoms with Crippen molar-refractivity contribution in [2.45, 2.75) is 64.6 Å². The van der Waals surface area contributed by atoms with Gasteiger partial charge in [0.1, 0.15) is 17.7 Å². The number of hydrogen-bond donors (Lipinski definition) is 1. The number of aromatic nitrogens is 3. The molecule has 2 aliphatic rings. The number of aliphatic carboxylic acids is 1. The number of carbonyl (C=O) groups is 1. The van der Waals surface area contributed by atoms with E-state index in [0.29, 0.717) is 24.0 Å². The maximum atomic E-state index is 12.8. The van der Waals surface area contributed by atoms with Gasteiger partial charge in [-0.3, -0.25) is 4.79 Å². The summed E-state index contributed by atoms with van der Waals surface area (Å²) >= 11 is 0. The average molecular weight is 356 g/mol. The second kappa shape index (κ2) is 6.79. The molecule has 1 atom stereocenters. The molecule has 1 aliphatic carbocycles. The van der Waals surface area contributed by atoms with Crippen molar-refractivity contribution in [3.05, 3.63) is 11.6 Å². The quantitative estimate of drug-likeness (QED) is 0.848. The zero-order chi connectivity index (χ0) is 17.3. The molecule has 1 N–H and O–H groups in total. The first kappa shape index (κ1) is 17.3. The summed E-state index contributed by atoms with van der Waals surface area (Å²) in [5.74, 6) is 0.429. The Bertz CT molecular complexity index is 709. The van der Waals surface area contributed by atoms with Gasteiger partial charge in [0.2, 0.25) is 10.0 Å². The number of hydrogen-bond acceptors (Lipinski definition) is 5. The van der Waals surface area contributed by atoms with Gasteiger partial charge in [-0.1, -0.05) is 32.1 Å². The summed E-state index contributed by atoms with van der Waals surface area (Å²) in [6, 6.07) is -1.09. The van der Waals surface area contributed by atoms with E-state index in [0.717, 1.165) is 30.0 Å². The Kier molecular flexibility index (Phi) is 4.91. The maximum Gasteiger partial charge on any atom is 0.323 e. The molecule has 1 fully saturated rings. The van der Waals surface area contributed by atoms with E-state index in [1.54, 1.807) is 11.5 Å². The van der Waals surface area contributed by atoms with Crippen molar-refractivity contribution in [1.29, 1.82) is 0 Å². The van der Waals surface area contributed by atoms with Gasteiger partial charge in [0.05, 0.1) is 18.8 Å². The molecule has 0 amide bonds. The minimum Gasteiger partial charge on any atom is -0.480 e. The monoisotopic (exact) mass is 356 g/mol. The van der Waals surface area contributed by atoms with E-state index < -0.39 is 22.0 Å². The molecule has 0 bridgehead atoms. The lowest BCUT2D eigenvalue weighted by atomic mass is 9.88. The third-order valence-corrected chi connectivity index (χ3v) is 7.01. The van der Waals surface area contributed by atoms with Crippen molar-refractivity contribution in [3.8, 4) is 0 Å². The second-order valence-corrected chi connectivity index (χ2v) is 8.82. The van der Waals surface area contributed by atoms with E-state index in [4.69, 9.17) is 0 Å². The third-order valence-electron chi connectivity index (χ3n) is 5.16. The Labute approximate surface area is 141 Å². The molecule has 1 aliphatic heterocycles. The summed E-state index contributed by atoms with van der Waals surface area (Å²) in [5.41, 5.74) is 0. The number of carboxylic acid groups (broad SMARTS) is 1. The van der Waals surface area contributed by atoms with Crippen LogP contribution in [-0.2, 0) is 27.9 Å². The topological polar surface area (TPSA) is 105 Å². The predicted molar refractivity (Wildman–Crippen MR) is 86.7 cm³/mol. The summed E-state index contributed by atoms with van der Waals surface area (Å²) in [5, 5.41) is 17.4. The van der Waals surface area contributed by atoms with E-state index in [1.165, 1.54) is 6.42 Å². The molecule has 2 heterocycles. The highest BCUT2D eigenvalue weighted by Crippen LogP contribution is 2.28. The van der Waals surface area contributed by atoms with E-state index in [9.17, 15) is 18.3 Å². The molecule has 0 aromatic carbocycles. The molecule has 1 aromatic heterocycles. The van der Waals surface area contributed by atoms with Gasteiger partial charge in [0.15, 0.2) is 0 Å². The molecule has 0 saturated heterocycles. The summed E-state index contributed by atoms with van der Waals surface area (Å²) in [6.45, 7) is 1.78. The van der Waals surface area contributed by atoms with Crippen LogP contribution in [0.25, 0.3) is 0 Å². The number of aryl methyl sites for hydroxylation is 1. The molecule has 1 saturated carbocycles. The van der Waals surface area contributed by atoms with Gasteiger partial charge in [-0.05, 0) is 19.3 Å². The molecule has 0 radical (unpaired) electrons. The smallest absolute Gasteiger partial charge is 0.323 e. The number of sulfonamides is 1. The van der Waals surface area contributed by atoms with Crippen LogP contribution < -0.4 is 0 Å². The SMILES string of the molecule is Cc1nnc2n1CC(C(=O)O)N(S(=O)(=O)CCC1CCCCC1)C2. The zero-order valence-electron chi connectivity index (χ0n) is 13.9. The van der Waals surface area contributed by atoms with Gasteiger partial charge in [-0.2, -0.15) is 4.31 Å². The van der Waals surface area contributed by atoms with Crippen LogP contribution in [0.2, 0.25) is 0 Å². The first-order valence-electron chi connectivity index (χ1n) is 8.49. The summed E-state index contributed by atoms with van der Waals surface area (Å²) in [6.07, 6.45) is 6.31. The Hall–Kier alpha value is -1.48. The molecule has 24 heavy (non-hydrogen) atoms. The highest BCUT2D eigenvalue weighted by Gasteiger charge is 2.40. The summed E-state index contributed by atoms with van der Waals surface area (Å²) < 4.78 is 28.3. The fourth-order valence-corrected chi connectivity index (χ4v) is 5.42. The highest BCUT2D eigenvalue weighted by atomic mass is 32.2. The molecule has 134 valence electrons. The average Bonchev–Trinajstić information content (AvgIpc) is 2.93. The molecular weight excluding hydrogens is 332 g/mol. The first-order valence-corrected chi connectivity index (χ1v) is 10.1. The van der Waals surface area contributed by atoms with E-state index in [1.807, 2.05) is 0 Å². The predicted octanol–water partition coefficient (Wildman–Crippen LogP) is 1.16. The number of nitrogens with zero attached hydrogens (tertiary/aromatic N) is 4. The van der Waals surface area contributed by atoms with Crippen LogP contribution in [0, 0.1) is 12.8 Å². The first-order chi connectivity index (χ1) is 11.4. The van der Waals surface area contributed by atoms with Gasteiger partial charge >= 0.3 is 5.97 Å². The van der Waals surface area contributed by atoms with Crippen LogP contribution >= 0.6 is 0 Å². The summed E-state index contributed by atoms with van der Waals surface area (Å²) in [4.78, 5) is 11.6. The second-order valence-electron chi connectivity index (χ2n) is 6.78. The van der Waals surface area contributed by atoms with E-state index in [2.05, 4.69) is 10.2 Å². The van der Waals surface area contributed by atoms with Gasteiger partial charge in [-0.25, -0.2) is 8.42 Å². The fourth-order valence-electron chi connectivity index (χ4n) is 3.70. The molecule has 0 spiro atoms. The molecule has 1 aromatic rings. The standard InChI is InChI=1S/C15H24N4O4S/c1-11-16-17-14-10-19(13(15(20)21)9-18(11)14)24(22,23)8-7-12-5-3-2-4-6-12/h12-13H,2-10H2,1H3,(H,20,21). The lowest BCUT2D eigenvalue weighted by molar-refractivity contribution is -0.142. The molecular formula is C15H24N4O4S. The van der Waals surface area contributed by atoms with Crippen LogP contribution in [0.3, 0.4) is 0 Å². The lowest BCUT2D eigenvalue weighted by Gasteiger charge is -2.33. The number of rotatable bonds is 5. The van der Waals surface area contributed by atoms with Gasteiger partial charge < -0.3 is 9.67 Å². The third kappa shape index (κ3) is 3.46. The van der Waals surface area contributed by atoms with Crippen molar-refractivity contribution >= 4 is 16.0 Å². The normalized spacial score (nSPS) is 23.1. The van der Waals surface area contributed by atoms with Crippen molar-refractivity contribution in [2.75, 3.05) is 5.75 Å². The molecule has 9 heteroatoms. The van der Waals surface area contributed by atoms with Crippen LogP contribution in [-0.4, -0.2) is 50.4 Å². The van der Waals surface area contributed by atoms with Crippen molar-refractivity contribution in [2.24, 2.45) is 5.92 Å². The maximum absolute atomic E-state index is 12.8. The van der Waals surface area contributed by atoms with Crippen LogP contribution in [0.5, 0.6) is 0 Å². The van der Waals surface area contributed by atoms with Crippen molar-refractivity contribution in [1.82, 2.24) is 19.1 Å². The Morgan fingerprint density at radius 3 is 2.62 bits per heavy atom. The van der Waals surface area contributed by atoms with Gasteiger partial charge in [-0.15, -0.1) is 10.2 Å². The lowest BCUT2D eigenvalue weighted by Crippen LogP contribution is -2.51. The largest absolute Gasteiger partial charge is 0.480 e. The zero-order valence-corrected chi connectivity index (χ0v) is 14.7. The molecule has 1 unspecified atom stereocenters. The van der Waals surface area contributed by atoms with Crippen LogP contribution in [0.1, 0.15) is 50.2 Å². The van der Waals surface area contributed by atoms with Crippen molar-refractivity contribution < 1.29 is 18.3 Å². The van der Waals surface area contributed by atoms with E-state index >= 15 is 0 Å². The minimum absolute atomic E-state index is 0.00850. The fraction of sp³-hybridized carbons (Fsp3) is 0.800. The minimum atomic E-state index is -3.64. The molecule has 3 rings (SSSR count).